The maximum absolute atomic E-state index is 9.12. The molecule has 0 radical (unpaired) electrons. The van der Waals surface area contributed by atoms with Crippen LogP contribution in [0.4, 0.5) is 0 Å². The molecule has 20 N–H and O–H groups in total. The van der Waals surface area contributed by atoms with Crippen LogP contribution in [0.5, 0.6) is 0 Å². The van der Waals surface area contributed by atoms with E-state index in [0.717, 1.165) is 0 Å². The van der Waals surface area contributed by atoms with Gasteiger partial charge in [-0.3, -0.25) is 0 Å². The number of aliphatic hydroxyl groups is 20. The molecule has 0 saturated carbocycles. The molecule has 288 valence electrons. The van der Waals surface area contributed by atoms with E-state index in [1.54, 1.807) is 0 Å². The number of ether oxygens (including phenoxy) is 4. The molecule has 4 aliphatic rings. The molecular formula is C24H48O24. The molecule has 4 rings (SSSR count). The van der Waals surface area contributed by atoms with Gasteiger partial charge in [-0.05, 0) is 0 Å². The highest BCUT2D eigenvalue weighted by Crippen LogP contribution is 2.21. The molecule has 0 aromatic carbocycles. The number of hydrogen-bond donors (Lipinski definition) is 20. The van der Waals surface area contributed by atoms with Gasteiger partial charge in [-0.2, -0.15) is 0 Å². The highest BCUT2D eigenvalue weighted by Gasteiger charge is 2.45. The summed E-state index contributed by atoms with van der Waals surface area (Å²) in [5.74, 6) is 0. The van der Waals surface area contributed by atoms with Crippen molar-refractivity contribution in [3.05, 3.63) is 0 Å². The maximum atomic E-state index is 9.12. The van der Waals surface area contributed by atoms with E-state index >= 15 is 0 Å². The second-order valence-corrected chi connectivity index (χ2v) is 10.9. The van der Waals surface area contributed by atoms with Crippen LogP contribution >= 0.6 is 0 Å². The third kappa shape index (κ3) is 11.5. The summed E-state index contributed by atoms with van der Waals surface area (Å²) >= 11 is 0. The molecule has 0 spiro atoms. The lowest BCUT2D eigenvalue weighted by Gasteiger charge is -2.37. The third-order valence-electron chi connectivity index (χ3n) is 7.47. The van der Waals surface area contributed by atoms with Crippen LogP contribution in [0.1, 0.15) is 0 Å². The van der Waals surface area contributed by atoms with Crippen LogP contribution in [0.3, 0.4) is 0 Å². The summed E-state index contributed by atoms with van der Waals surface area (Å²) in [4.78, 5) is 0. The van der Waals surface area contributed by atoms with Crippen LogP contribution in [-0.4, -0.2) is 251 Å². The topological polar surface area (TPSA) is 442 Å². The van der Waals surface area contributed by atoms with Crippen LogP contribution in [-0.2, 0) is 18.9 Å². The molecule has 4 aliphatic heterocycles. The number of hydrogen-bond acceptors (Lipinski definition) is 24. The highest BCUT2D eigenvalue weighted by atomic mass is 16.7. The Morgan fingerprint density at radius 3 is 0.500 bits per heavy atom. The summed E-state index contributed by atoms with van der Waals surface area (Å²) in [5, 5.41) is 179. The maximum Gasteiger partial charge on any atom is 0.184 e. The van der Waals surface area contributed by atoms with E-state index in [1.165, 1.54) is 0 Å². The highest BCUT2D eigenvalue weighted by molar-refractivity contribution is 4.90. The van der Waals surface area contributed by atoms with Crippen molar-refractivity contribution in [3.63, 3.8) is 0 Å². The van der Waals surface area contributed by atoms with Crippen molar-refractivity contribution in [2.24, 2.45) is 0 Å². The molecule has 4 fully saturated rings. The zero-order chi connectivity index (χ0) is 37.2. The van der Waals surface area contributed by atoms with Crippen molar-refractivity contribution in [2.75, 3.05) is 26.4 Å². The van der Waals surface area contributed by atoms with Gasteiger partial charge in [0.15, 0.2) is 25.2 Å². The Labute approximate surface area is 270 Å². The summed E-state index contributed by atoms with van der Waals surface area (Å²) in [5.41, 5.74) is 0. The minimum absolute atomic E-state index is 0.526. The van der Waals surface area contributed by atoms with Gasteiger partial charge in [0, 0.05) is 0 Å². The lowest BCUT2D eigenvalue weighted by atomic mass is 10.00. The molecule has 20 atom stereocenters. The minimum Gasteiger partial charge on any atom is -0.394 e. The van der Waals surface area contributed by atoms with Gasteiger partial charge in [-0.15, -0.1) is 0 Å². The molecule has 0 aromatic rings. The lowest BCUT2D eigenvalue weighted by molar-refractivity contribution is -0.286. The van der Waals surface area contributed by atoms with Crippen LogP contribution in [0.2, 0.25) is 0 Å². The summed E-state index contributed by atoms with van der Waals surface area (Å²) in [6.07, 6.45) is -28.2. The first-order chi connectivity index (χ1) is 22.3. The fraction of sp³-hybridized carbons (Fsp3) is 1.00. The van der Waals surface area contributed by atoms with Gasteiger partial charge in [0.1, 0.15) is 97.7 Å². The predicted octanol–water partition coefficient (Wildman–Crippen LogP) is -12.9. The standard InChI is InChI=1S/4C6H12O6/c4*7-1-2-3(8)4(9)5(10)6(11)12-2/h4*2-11H,1H2/t2?,3-,4+,5?,6+;2?,3-,4-,5?,6-;2-,3+,4+,5-,6-;2-,3-,4+,5-,6-/m0111/s1. The normalized spacial score (nSPS) is 49.2. The van der Waals surface area contributed by atoms with E-state index in [0.29, 0.717) is 0 Å². The van der Waals surface area contributed by atoms with Gasteiger partial charge >= 0.3 is 0 Å². The Kier molecular flexibility index (Phi) is 19.5. The fourth-order valence-corrected chi connectivity index (χ4v) is 4.33. The molecule has 24 nitrogen and oxygen atoms in total. The van der Waals surface area contributed by atoms with E-state index in [1.807, 2.05) is 0 Å². The van der Waals surface area contributed by atoms with Gasteiger partial charge in [-0.25, -0.2) is 0 Å². The van der Waals surface area contributed by atoms with Crippen LogP contribution in [0.15, 0.2) is 0 Å². The molecule has 4 unspecified atom stereocenters. The first-order valence-electron chi connectivity index (χ1n) is 14.2. The van der Waals surface area contributed by atoms with Crippen molar-refractivity contribution in [2.45, 2.75) is 123 Å². The Morgan fingerprint density at radius 1 is 0.229 bits per heavy atom. The summed E-state index contributed by atoms with van der Waals surface area (Å²) < 4.78 is 18.3. The van der Waals surface area contributed by atoms with Gasteiger partial charge in [0.25, 0.3) is 0 Å². The van der Waals surface area contributed by atoms with E-state index in [4.69, 9.17) is 102 Å². The van der Waals surface area contributed by atoms with E-state index in [-0.39, 0.29) is 0 Å². The lowest BCUT2D eigenvalue weighted by Crippen LogP contribution is -2.58. The molecule has 24 heteroatoms. The van der Waals surface area contributed by atoms with E-state index < -0.39 is 149 Å². The van der Waals surface area contributed by atoms with Crippen molar-refractivity contribution >= 4 is 0 Å². The first kappa shape index (κ1) is 45.1. The first-order valence-corrected chi connectivity index (χ1v) is 14.2. The quantitative estimate of drug-likeness (QED) is 0.128. The Balaban J connectivity index is 0.000000320. The summed E-state index contributed by atoms with van der Waals surface area (Å²) in [7, 11) is 0. The third-order valence-corrected chi connectivity index (χ3v) is 7.47. The van der Waals surface area contributed by atoms with E-state index in [9.17, 15) is 0 Å². The molecule has 4 saturated heterocycles. The molecule has 0 amide bonds. The summed E-state index contributed by atoms with van der Waals surface area (Å²) in [6.45, 7) is -2.10. The average molecular weight is 721 g/mol. The van der Waals surface area contributed by atoms with Crippen molar-refractivity contribution in [3.8, 4) is 0 Å². The predicted molar refractivity (Wildman–Crippen MR) is 144 cm³/mol. The Bertz CT molecular complexity index is 721. The van der Waals surface area contributed by atoms with Gasteiger partial charge < -0.3 is 121 Å². The molecule has 0 aromatic heterocycles. The van der Waals surface area contributed by atoms with Crippen LogP contribution in [0, 0.1) is 0 Å². The number of rotatable bonds is 4. The smallest absolute Gasteiger partial charge is 0.184 e. The molecule has 0 bridgehead atoms. The molecule has 0 aliphatic carbocycles. The van der Waals surface area contributed by atoms with E-state index in [2.05, 4.69) is 18.9 Å². The van der Waals surface area contributed by atoms with Crippen LogP contribution in [0.25, 0.3) is 0 Å². The Morgan fingerprint density at radius 2 is 0.375 bits per heavy atom. The molecule has 48 heavy (non-hydrogen) atoms. The Hall–Kier alpha value is -0.960. The second kappa shape index (κ2) is 20.8. The van der Waals surface area contributed by atoms with Crippen molar-refractivity contribution < 1.29 is 121 Å². The molecule has 4 heterocycles. The summed E-state index contributed by atoms with van der Waals surface area (Å²) in [6, 6.07) is 0. The van der Waals surface area contributed by atoms with Crippen molar-refractivity contribution in [1.29, 1.82) is 0 Å². The monoisotopic (exact) mass is 720 g/mol. The van der Waals surface area contributed by atoms with Crippen molar-refractivity contribution in [1.82, 2.24) is 0 Å². The van der Waals surface area contributed by atoms with Crippen LogP contribution < -0.4 is 0 Å². The fourth-order valence-electron chi connectivity index (χ4n) is 4.33. The van der Waals surface area contributed by atoms with Gasteiger partial charge in [0.05, 0.1) is 26.4 Å². The van der Waals surface area contributed by atoms with Gasteiger partial charge in [-0.1, -0.05) is 0 Å². The minimum atomic E-state index is -1.57. The zero-order valence-corrected chi connectivity index (χ0v) is 25.0. The zero-order valence-electron chi connectivity index (χ0n) is 25.0. The average Bonchev–Trinajstić information content (AvgIpc) is 3.08. The second-order valence-electron chi connectivity index (χ2n) is 10.9. The molecular weight excluding hydrogens is 672 g/mol. The SMILES string of the molecule is OCC1O[C@@H](O)C(O)[C@H](O)[C@@H]1O.OCC1O[C@@H](O)C(O)[C@H](O)[C@H]1O.OC[C@H]1O[C@@H](O)[C@H](O)[C@@H](O)[C@@H]1O.OC[C@H]1O[C@@H](O)[C@H](O)[C@@H](O)[C@H]1O. The number of aliphatic hydroxyl groups excluding tert-OH is 20. The van der Waals surface area contributed by atoms with Gasteiger partial charge in [0.2, 0.25) is 0 Å². The largest absolute Gasteiger partial charge is 0.394 e.